The largest absolute Gasteiger partial charge is 0.369 e. The summed E-state index contributed by atoms with van der Waals surface area (Å²) in [6.07, 6.45) is 2.54. The van der Waals surface area contributed by atoms with Crippen molar-refractivity contribution < 1.29 is 13.2 Å². The van der Waals surface area contributed by atoms with Gasteiger partial charge in [-0.05, 0) is 37.9 Å². The summed E-state index contributed by atoms with van der Waals surface area (Å²) in [5, 5.41) is 0. The molecule has 1 aliphatic heterocycles. The molecule has 1 fully saturated rings. The van der Waals surface area contributed by atoms with Crippen molar-refractivity contribution in [3.8, 4) is 0 Å². The lowest BCUT2D eigenvalue weighted by atomic mass is 9.97. The quantitative estimate of drug-likeness (QED) is 0.682. The van der Waals surface area contributed by atoms with Crippen LogP contribution in [-0.2, 0) is 20.6 Å². The molecule has 128 valence electrons. The number of hydrogen-bond acceptors (Lipinski definition) is 4. The number of carbonyl (C=O) groups excluding carboxylic acids is 1. The number of hydrogen-bond donors (Lipinski definition) is 2. The minimum atomic E-state index is -3.30. The summed E-state index contributed by atoms with van der Waals surface area (Å²) in [7, 11) is -3.30. The Morgan fingerprint density at radius 2 is 2.04 bits per heavy atom. The van der Waals surface area contributed by atoms with Crippen LogP contribution in [0.25, 0.3) is 0 Å². The van der Waals surface area contributed by atoms with Crippen molar-refractivity contribution in [1.82, 2.24) is 9.62 Å². The number of primary amides is 1. The highest BCUT2D eigenvalue weighted by Gasteiger charge is 2.23. The summed E-state index contributed by atoms with van der Waals surface area (Å²) in [6, 6.07) is 9.13. The monoisotopic (exact) mass is 339 g/mol. The van der Waals surface area contributed by atoms with E-state index >= 15 is 0 Å². The second-order valence-electron chi connectivity index (χ2n) is 6.03. The van der Waals surface area contributed by atoms with Crippen LogP contribution >= 0.6 is 0 Å². The zero-order valence-electron chi connectivity index (χ0n) is 13.3. The van der Waals surface area contributed by atoms with E-state index in [4.69, 9.17) is 5.73 Å². The van der Waals surface area contributed by atoms with E-state index in [9.17, 15) is 13.2 Å². The average Bonchev–Trinajstić information content (AvgIpc) is 2.52. The van der Waals surface area contributed by atoms with Crippen molar-refractivity contribution in [2.24, 2.45) is 11.7 Å². The molecule has 1 saturated heterocycles. The van der Waals surface area contributed by atoms with Gasteiger partial charge in [-0.2, -0.15) is 0 Å². The first-order valence-corrected chi connectivity index (χ1v) is 9.64. The molecular weight excluding hydrogens is 314 g/mol. The Morgan fingerprint density at radius 1 is 1.30 bits per heavy atom. The lowest BCUT2D eigenvalue weighted by Gasteiger charge is -2.31. The number of nitrogens with two attached hydrogens (primary N) is 1. The molecule has 23 heavy (non-hydrogen) atoms. The minimum absolute atomic E-state index is 0.00129. The minimum Gasteiger partial charge on any atom is -0.369 e. The molecule has 0 spiro atoms. The van der Waals surface area contributed by atoms with Gasteiger partial charge in [-0.25, -0.2) is 13.1 Å². The molecule has 0 unspecified atom stereocenters. The van der Waals surface area contributed by atoms with Gasteiger partial charge in [-0.15, -0.1) is 0 Å². The van der Waals surface area contributed by atoms with Crippen LogP contribution in [0.4, 0.5) is 0 Å². The lowest BCUT2D eigenvalue weighted by molar-refractivity contribution is -0.123. The van der Waals surface area contributed by atoms with Crippen LogP contribution in [0.2, 0.25) is 0 Å². The Kier molecular flexibility index (Phi) is 6.56. The predicted molar refractivity (Wildman–Crippen MR) is 90.0 cm³/mol. The normalized spacial score (nSPS) is 19.6. The number of nitrogens with one attached hydrogen (secondary N) is 1. The molecule has 1 heterocycles. The van der Waals surface area contributed by atoms with Crippen LogP contribution in [0.5, 0.6) is 0 Å². The van der Waals surface area contributed by atoms with Crippen LogP contribution in [0.1, 0.15) is 24.8 Å². The maximum Gasteiger partial charge on any atom is 0.221 e. The zero-order chi connectivity index (χ0) is 16.7. The third kappa shape index (κ3) is 6.29. The zero-order valence-corrected chi connectivity index (χ0v) is 14.1. The van der Waals surface area contributed by atoms with E-state index < -0.39 is 10.0 Å². The third-order valence-corrected chi connectivity index (χ3v) is 5.44. The van der Waals surface area contributed by atoms with E-state index in [0.717, 1.165) is 37.9 Å². The molecule has 0 aliphatic carbocycles. The molecule has 1 amide bonds. The van der Waals surface area contributed by atoms with Crippen molar-refractivity contribution in [2.75, 3.05) is 26.2 Å². The first kappa shape index (κ1) is 17.9. The molecule has 1 aliphatic rings. The molecule has 0 aromatic heterocycles. The van der Waals surface area contributed by atoms with Gasteiger partial charge < -0.3 is 10.6 Å². The molecule has 3 N–H and O–H groups in total. The molecular formula is C16H25N3O3S. The molecule has 1 aromatic rings. The Labute approximate surface area is 138 Å². The van der Waals surface area contributed by atoms with E-state index in [2.05, 4.69) is 9.62 Å². The summed E-state index contributed by atoms with van der Waals surface area (Å²) >= 11 is 0. The van der Waals surface area contributed by atoms with Gasteiger partial charge in [-0.3, -0.25) is 4.79 Å². The van der Waals surface area contributed by atoms with Crippen LogP contribution in [-0.4, -0.2) is 45.4 Å². The number of sulfonamides is 1. The van der Waals surface area contributed by atoms with Gasteiger partial charge in [0.15, 0.2) is 0 Å². The van der Waals surface area contributed by atoms with Gasteiger partial charge in [0.2, 0.25) is 15.9 Å². The first-order chi connectivity index (χ1) is 11.0. The fraction of sp³-hybridized carbons (Fsp3) is 0.562. The maximum atomic E-state index is 12.0. The van der Waals surface area contributed by atoms with Crippen LogP contribution in [0, 0.1) is 5.92 Å². The van der Waals surface area contributed by atoms with Crippen LogP contribution in [0.3, 0.4) is 0 Å². The van der Waals surface area contributed by atoms with Crippen LogP contribution < -0.4 is 10.5 Å². The van der Waals surface area contributed by atoms with Gasteiger partial charge in [0, 0.05) is 13.1 Å². The van der Waals surface area contributed by atoms with Crippen molar-refractivity contribution >= 4 is 15.9 Å². The summed E-state index contributed by atoms with van der Waals surface area (Å²) in [4.78, 5) is 13.4. The Hall–Kier alpha value is -1.44. The van der Waals surface area contributed by atoms with E-state index in [1.54, 1.807) is 12.1 Å². The van der Waals surface area contributed by atoms with Gasteiger partial charge in [0.1, 0.15) is 0 Å². The molecule has 0 radical (unpaired) electrons. The first-order valence-electron chi connectivity index (χ1n) is 7.99. The standard InChI is InChI=1S/C16H25N3O3S/c17-16(20)15-8-4-10-19(12-15)11-5-9-18-23(21,22)13-14-6-2-1-3-7-14/h1-3,6-7,15,18H,4-5,8-13H2,(H2,17,20)/t15-/m0/s1. The van der Waals surface area contributed by atoms with Gasteiger partial charge in [0.25, 0.3) is 0 Å². The van der Waals surface area contributed by atoms with E-state index in [1.807, 2.05) is 18.2 Å². The summed E-state index contributed by atoms with van der Waals surface area (Å²) < 4.78 is 26.6. The van der Waals surface area contributed by atoms with E-state index in [0.29, 0.717) is 13.1 Å². The third-order valence-electron chi connectivity index (χ3n) is 4.08. The number of amides is 1. The molecule has 1 atom stereocenters. The van der Waals surface area contributed by atoms with Crippen LogP contribution in [0.15, 0.2) is 30.3 Å². The molecule has 0 bridgehead atoms. The van der Waals surface area contributed by atoms with Gasteiger partial charge >= 0.3 is 0 Å². The van der Waals surface area contributed by atoms with Crippen molar-refractivity contribution in [2.45, 2.75) is 25.0 Å². The summed E-state index contributed by atoms with van der Waals surface area (Å²) in [6.45, 7) is 2.82. The van der Waals surface area contributed by atoms with Crippen molar-refractivity contribution in [3.05, 3.63) is 35.9 Å². The fourth-order valence-corrected chi connectivity index (χ4v) is 4.05. The van der Waals surface area contributed by atoms with Gasteiger partial charge in [-0.1, -0.05) is 30.3 Å². The second-order valence-corrected chi connectivity index (χ2v) is 7.84. The number of nitrogens with zero attached hydrogens (tertiary/aromatic N) is 1. The number of rotatable bonds is 8. The second kappa shape index (κ2) is 8.42. The van der Waals surface area contributed by atoms with E-state index in [1.165, 1.54) is 0 Å². The SMILES string of the molecule is NC(=O)[C@H]1CCCN(CCCNS(=O)(=O)Cc2ccccc2)C1. The molecule has 2 rings (SSSR count). The summed E-state index contributed by atoms with van der Waals surface area (Å²) in [5.74, 6) is -0.307. The molecule has 6 nitrogen and oxygen atoms in total. The highest BCUT2D eigenvalue weighted by molar-refractivity contribution is 7.88. The molecule has 0 saturated carbocycles. The molecule has 1 aromatic carbocycles. The highest BCUT2D eigenvalue weighted by Crippen LogP contribution is 2.15. The van der Waals surface area contributed by atoms with Crippen molar-refractivity contribution in [1.29, 1.82) is 0 Å². The number of likely N-dealkylation sites (tertiary alicyclic amines) is 1. The average molecular weight is 339 g/mol. The predicted octanol–water partition coefficient (Wildman–Crippen LogP) is 0.693. The fourth-order valence-electron chi connectivity index (χ4n) is 2.87. The maximum absolute atomic E-state index is 12.0. The number of carbonyl (C=O) groups is 1. The number of benzene rings is 1. The van der Waals surface area contributed by atoms with Crippen molar-refractivity contribution in [3.63, 3.8) is 0 Å². The van der Waals surface area contributed by atoms with Gasteiger partial charge in [0.05, 0.1) is 11.7 Å². The highest BCUT2D eigenvalue weighted by atomic mass is 32.2. The topological polar surface area (TPSA) is 92.5 Å². The Morgan fingerprint density at radius 3 is 2.74 bits per heavy atom. The smallest absolute Gasteiger partial charge is 0.221 e. The molecule has 7 heteroatoms. The number of piperidine rings is 1. The Bertz CT molecular complexity index is 604. The van der Waals surface area contributed by atoms with E-state index in [-0.39, 0.29) is 17.6 Å². The lowest BCUT2D eigenvalue weighted by Crippen LogP contribution is -2.42. The summed E-state index contributed by atoms with van der Waals surface area (Å²) in [5.41, 5.74) is 6.14. The Balaban J connectivity index is 1.69.